The molecule has 31 heteroatoms. The lowest BCUT2D eigenvalue weighted by atomic mass is 9.91. The summed E-state index contributed by atoms with van der Waals surface area (Å²) in [6.07, 6.45) is 3.05. The lowest BCUT2D eigenvalue weighted by Crippen LogP contribution is -3.00. The Balaban J connectivity index is 0.000000393. The number of esters is 5. The molecule has 0 aliphatic carbocycles. The van der Waals surface area contributed by atoms with Crippen molar-refractivity contribution in [1.29, 1.82) is 0 Å². The van der Waals surface area contributed by atoms with Crippen LogP contribution in [-0.4, -0.2) is 239 Å². The highest BCUT2D eigenvalue weighted by atomic mass is 79.9. The van der Waals surface area contributed by atoms with Gasteiger partial charge in [-0.15, -0.1) is 0 Å². The van der Waals surface area contributed by atoms with Crippen LogP contribution in [0.15, 0.2) is 108 Å². The molecule has 5 saturated heterocycles. The molecule has 2 aromatic rings. The number of quaternary nitrogens is 1. The molecular weight excluding hydrogens is 1340 g/mol. The number of nitrogens with two attached hydrogens (primary N) is 1. The van der Waals surface area contributed by atoms with Crippen molar-refractivity contribution < 1.29 is 128 Å². The van der Waals surface area contributed by atoms with Crippen LogP contribution in [0.3, 0.4) is 0 Å². The van der Waals surface area contributed by atoms with Gasteiger partial charge in [0.25, 0.3) is 0 Å². The number of benzene rings is 2. The van der Waals surface area contributed by atoms with Crippen molar-refractivity contribution in [3.8, 4) is 0 Å². The fraction of sp³-hybridized carbons (Fsp3) is 0.492. The zero-order chi connectivity index (χ0) is 66.6. The summed E-state index contributed by atoms with van der Waals surface area (Å²) >= 11 is 6.73. The fourth-order valence-corrected chi connectivity index (χ4v) is 10.2. The minimum absolute atomic E-state index is 0. The number of ether oxygens (including phenoxy) is 10. The summed E-state index contributed by atoms with van der Waals surface area (Å²) in [5.41, 5.74) is -0.644. The van der Waals surface area contributed by atoms with Gasteiger partial charge in [-0.05, 0) is 35.4 Å². The molecule has 0 aromatic heterocycles. The van der Waals surface area contributed by atoms with Crippen LogP contribution in [0.4, 0.5) is 19.2 Å². The average molecular weight is 1420 g/mol. The molecule has 498 valence electrons. The number of carbonyl (C=O) groups is 10. The van der Waals surface area contributed by atoms with Crippen molar-refractivity contribution in [2.24, 2.45) is 0 Å². The summed E-state index contributed by atoms with van der Waals surface area (Å²) in [6, 6.07) is 11.2. The molecule has 4 amide bonds. The number of nitrogens with zero attached hydrogens (tertiary/aromatic N) is 4. The van der Waals surface area contributed by atoms with Gasteiger partial charge >= 0.3 is 54.2 Å². The fourth-order valence-electron chi connectivity index (χ4n) is 9.64. The largest absolute Gasteiger partial charge is 1.00 e. The number of Topliss-reactive ketones (excluding diaryl/α,β-unsaturated/α-hetero) is 1. The Labute approximate surface area is 543 Å². The Kier molecular flexibility index (Phi) is 34.0. The Morgan fingerprint density at radius 1 is 0.544 bits per heavy atom. The van der Waals surface area contributed by atoms with Crippen LogP contribution in [0.25, 0.3) is 0 Å². The maximum absolute atomic E-state index is 12.3. The highest BCUT2D eigenvalue weighted by Gasteiger charge is 2.52. The quantitative estimate of drug-likeness (QED) is 0.0974. The first-order chi connectivity index (χ1) is 42.3. The van der Waals surface area contributed by atoms with Crippen LogP contribution in [0.1, 0.15) is 43.2 Å². The number of carbonyl (C=O) groups excluding carboxylic acids is 10. The molecule has 9 atom stereocenters. The Morgan fingerprint density at radius 2 is 0.944 bits per heavy atom. The Bertz CT molecular complexity index is 2800. The first-order valence-electron chi connectivity index (χ1n) is 27.4. The zero-order valence-corrected chi connectivity index (χ0v) is 54.6. The van der Waals surface area contributed by atoms with E-state index in [1.165, 1.54) is 74.6 Å². The molecule has 0 unspecified atom stereocenters. The lowest BCUT2D eigenvalue weighted by molar-refractivity contribution is -0.661. The first kappa shape index (κ1) is 78.6. The number of hydrogen-bond donors (Lipinski definition) is 4. The van der Waals surface area contributed by atoms with E-state index in [1.807, 2.05) is 24.3 Å². The number of halogens is 3. The number of methoxy groups -OCH3 is 6. The van der Waals surface area contributed by atoms with Gasteiger partial charge in [0.15, 0.2) is 11.8 Å². The van der Waals surface area contributed by atoms with Gasteiger partial charge in [0, 0.05) is 48.2 Å². The van der Waals surface area contributed by atoms with E-state index in [9.17, 15) is 58.2 Å². The van der Waals surface area contributed by atoms with Crippen LogP contribution >= 0.6 is 31.9 Å². The second-order valence-corrected chi connectivity index (χ2v) is 21.8. The number of ketones is 1. The molecule has 7 rings (SSSR count). The van der Waals surface area contributed by atoms with Gasteiger partial charge in [-0.3, -0.25) is 24.4 Å². The van der Waals surface area contributed by atoms with Gasteiger partial charge in [0.1, 0.15) is 74.4 Å². The smallest absolute Gasteiger partial charge is 0.411 e. The lowest BCUT2D eigenvalue weighted by Gasteiger charge is -2.28. The molecule has 0 saturated carbocycles. The maximum Gasteiger partial charge on any atom is 0.411 e. The average Bonchev–Trinajstić information content (AvgIpc) is 1.65. The summed E-state index contributed by atoms with van der Waals surface area (Å²) in [5, 5.41) is 31.1. The summed E-state index contributed by atoms with van der Waals surface area (Å²) in [4.78, 5) is 121. The van der Waals surface area contributed by atoms with Crippen LogP contribution in [0.2, 0.25) is 0 Å². The standard InChI is InChI=1S/C17H20BrNO5.C16H18BrNO5.C10H15NO5.C10H13NO5.C6H11NO3.ClH/c1-4-9-24-16(21)19-11-17(23-3,10-14(19)15(20)22-2)12-5-7-13(18)8-6-12;1-3-8-23-15(20)18-10-16(21,9-13(18)14(19)22-2)11-4-6-12(17)7-5-11;2*1-3-4-16-10(14)11-6-7(12)5-8(11)9(13)15-2;1-10-6(9)5-2-4(8)3-7-5;/h4-8,14H,1,9-11H2,2-3H3;3-7,13,21H,1,8-10H2,2H3;3,7-8,12H,1,4-6H2,2H3;3,8H,1,4-6H2,2H3;4-5,7-8H,2-3H2,1H3;1H/t14-,17-;13-,16-;7-,8+;8-;4-,5+;/m00101./s1. The van der Waals surface area contributed by atoms with E-state index in [-0.39, 0.29) is 108 Å². The minimum Gasteiger partial charge on any atom is -1.00 e. The molecule has 2 aromatic carbocycles. The zero-order valence-electron chi connectivity index (χ0n) is 50.7. The molecule has 5 heterocycles. The van der Waals surface area contributed by atoms with Crippen LogP contribution < -0.4 is 17.7 Å². The predicted molar refractivity (Wildman–Crippen MR) is 320 cm³/mol. The molecule has 0 spiro atoms. The molecule has 0 radical (unpaired) electrons. The van der Waals surface area contributed by atoms with Crippen LogP contribution in [0.5, 0.6) is 0 Å². The third-order valence-electron chi connectivity index (χ3n) is 14.1. The van der Waals surface area contributed by atoms with E-state index in [1.54, 1.807) is 36.7 Å². The molecule has 5 fully saturated rings. The number of rotatable bonds is 16. The van der Waals surface area contributed by atoms with E-state index in [0.29, 0.717) is 24.9 Å². The van der Waals surface area contributed by atoms with Crippen LogP contribution in [0, 0.1) is 0 Å². The van der Waals surface area contributed by atoms with Crippen molar-refractivity contribution in [2.75, 3.05) is 102 Å². The summed E-state index contributed by atoms with van der Waals surface area (Å²) < 4.78 is 50.3. The SMILES string of the molecule is C=CCOC(=O)N1CC(=O)C[C@H]1C(=O)OC.C=CCOC(=O)N1C[C@H](O)C[C@H]1C(=O)OC.C=CCOC(=O)N1C[C@](O)(c2ccc(Br)cc2)C[C@H]1C(=O)OC.C=CCOC(=O)N1C[C@](OC)(c2ccc(Br)cc2)C[C@H]1C(=O)OC.COC(=O)[C@@H]1C[C@@H](O)C[NH2+]1.[Cl-]. The number of likely N-dealkylation sites (tertiary alicyclic amines) is 4. The normalized spacial score (nSPS) is 23.4. The van der Waals surface area contributed by atoms with Gasteiger partial charge in [-0.25, -0.2) is 43.2 Å². The second kappa shape index (κ2) is 39.0. The van der Waals surface area contributed by atoms with E-state index >= 15 is 0 Å². The molecule has 5 aliphatic heterocycles. The number of hydrogen-bond acceptors (Lipinski definition) is 23. The second-order valence-electron chi connectivity index (χ2n) is 19.9. The molecule has 90 heavy (non-hydrogen) atoms. The monoisotopic (exact) mass is 1420 g/mol. The summed E-state index contributed by atoms with van der Waals surface area (Å²) in [7, 11) is 7.91. The molecule has 0 bridgehead atoms. The van der Waals surface area contributed by atoms with E-state index in [0.717, 1.165) is 19.4 Å². The molecule has 5 aliphatic rings. The van der Waals surface area contributed by atoms with Crippen molar-refractivity contribution in [3.05, 3.63) is 119 Å². The van der Waals surface area contributed by atoms with Gasteiger partial charge in [-0.2, -0.15) is 0 Å². The number of β-amino-alcohol motifs (C(OH)–C–C–N with tert-alkyl or cyclic N) is 2. The molecule has 5 N–H and O–H groups in total. The predicted octanol–water partition coefficient (Wildman–Crippen LogP) is -0.0301. The van der Waals surface area contributed by atoms with E-state index in [2.05, 4.69) is 72.4 Å². The van der Waals surface area contributed by atoms with Gasteiger partial charge in [0.05, 0.1) is 67.8 Å². The first-order valence-corrected chi connectivity index (χ1v) is 29.0. The van der Waals surface area contributed by atoms with Crippen molar-refractivity contribution in [1.82, 2.24) is 19.6 Å². The number of aliphatic hydroxyl groups excluding tert-OH is 2. The molecule has 28 nitrogen and oxygen atoms in total. The van der Waals surface area contributed by atoms with Gasteiger partial charge < -0.3 is 80.4 Å². The Morgan fingerprint density at radius 3 is 1.37 bits per heavy atom. The summed E-state index contributed by atoms with van der Waals surface area (Å²) in [6.45, 7) is 14.7. The van der Waals surface area contributed by atoms with E-state index < -0.39 is 89.7 Å². The highest BCUT2D eigenvalue weighted by Crippen LogP contribution is 2.41. The number of aliphatic hydroxyl groups is 3. The minimum atomic E-state index is -1.34. The van der Waals surface area contributed by atoms with Gasteiger partial charge in [-0.1, -0.05) is 107 Å². The third kappa shape index (κ3) is 22.5. The van der Waals surface area contributed by atoms with Crippen molar-refractivity contribution in [3.63, 3.8) is 0 Å². The van der Waals surface area contributed by atoms with Crippen LogP contribution in [-0.2, 0) is 87.3 Å². The third-order valence-corrected chi connectivity index (χ3v) is 15.1. The number of amides is 4. The maximum atomic E-state index is 12.3. The van der Waals surface area contributed by atoms with Crippen molar-refractivity contribution in [2.45, 2.75) is 85.7 Å². The van der Waals surface area contributed by atoms with Gasteiger partial charge in [0.2, 0.25) is 0 Å². The highest BCUT2D eigenvalue weighted by molar-refractivity contribution is 9.10. The molecular formula is C59H78Br2ClN5O23. The van der Waals surface area contributed by atoms with Crippen molar-refractivity contribution >= 4 is 91.9 Å². The topological polar surface area (TPSA) is 353 Å². The summed E-state index contributed by atoms with van der Waals surface area (Å²) in [5.74, 6) is -2.67. The van der Waals surface area contributed by atoms with E-state index in [4.69, 9.17) is 38.3 Å². The Hall–Kier alpha value is -7.45.